The Morgan fingerprint density at radius 2 is 2.04 bits per heavy atom. The number of H-pyrrole nitrogens is 1. The van der Waals surface area contributed by atoms with Crippen LogP contribution >= 0.6 is 11.8 Å². The van der Waals surface area contributed by atoms with Gasteiger partial charge in [0.05, 0.1) is 16.8 Å². The molecule has 4 nitrogen and oxygen atoms in total. The number of amides is 1. The van der Waals surface area contributed by atoms with Crippen LogP contribution in [0.5, 0.6) is 0 Å². The molecule has 0 aliphatic carbocycles. The number of thioether (sulfide) groups is 1. The maximum Gasteiger partial charge on any atom is 0.237 e. The SMILES string of the molecule is CC1Cc2ccccc2N1C(=O)CSc1nc2ccccc2[nH]1. The number of rotatable bonds is 3. The standard InChI is InChI=1S/C18H17N3OS/c1-12-10-13-6-2-5-9-16(13)21(12)17(22)11-23-18-19-14-7-3-4-8-15(14)20-18/h2-9,12H,10-11H2,1H3,(H,19,20). The number of fused-ring (bicyclic) bond motifs is 2. The molecular formula is C18H17N3OS. The molecule has 0 spiro atoms. The molecule has 1 unspecified atom stereocenters. The maximum atomic E-state index is 12.7. The average molecular weight is 323 g/mol. The lowest BCUT2D eigenvalue weighted by atomic mass is 10.1. The van der Waals surface area contributed by atoms with Crippen LogP contribution in [0.3, 0.4) is 0 Å². The van der Waals surface area contributed by atoms with Crippen molar-refractivity contribution in [1.29, 1.82) is 0 Å². The Morgan fingerprint density at radius 3 is 2.91 bits per heavy atom. The van der Waals surface area contributed by atoms with Crippen LogP contribution in [-0.2, 0) is 11.2 Å². The molecule has 0 saturated carbocycles. The smallest absolute Gasteiger partial charge is 0.237 e. The van der Waals surface area contributed by atoms with E-state index >= 15 is 0 Å². The van der Waals surface area contributed by atoms with Crippen LogP contribution < -0.4 is 4.90 Å². The predicted molar refractivity (Wildman–Crippen MR) is 93.9 cm³/mol. The number of carbonyl (C=O) groups is 1. The monoisotopic (exact) mass is 323 g/mol. The van der Waals surface area contributed by atoms with Crippen molar-refractivity contribution in [3.63, 3.8) is 0 Å². The van der Waals surface area contributed by atoms with E-state index < -0.39 is 0 Å². The van der Waals surface area contributed by atoms with Crippen LogP contribution in [0.1, 0.15) is 12.5 Å². The quantitative estimate of drug-likeness (QED) is 0.749. The molecule has 116 valence electrons. The summed E-state index contributed by atoms with van der Waals surface area (Å²) in [6.07, 6.45) is 0.928. The van der Waals surface area contributed by atoms with E-state index in [-0.39, 0.29) is 11.9 Å². The number of anilines is 1. The Labute approximate surface area is 138 Å². The normalized spacial score (nSPS) is 16.7. The summed E-state index contributed by atoms with van der Waals surface area (Å²) in [5, 5.41) is 0.791. The van der Waals surface area contributed by atoms with E-state index in [1.807, 2.05) is 47.4 Å². The van der Waals surface area contributed by atoms with E-state index in [9.17, 15) is 4.79 Å². The fourth-order valence-corrected chi connectivity index (χ4v) is 3.89. The van der Waals surface area contributed by atoms with E-state index in [0.717, 1.165) is 28.3 Å². The molecule has 1 atom stereocenters. The predicted octanol–water partition coefficient (Wildman–Crippen LogP) is 3.63. The fourth-order valence-electron chi connectivity index (χ4n) is 3.14. The molecule has 2 heterocycles. The molecule has 1 aliphatic heterocycles. The molecule has 1 amide bonds. The number of nitrogens with zero attached hydrogens (tertiary/aromatic N) is 2. The van der Waals surface area contributed by atoms with Gasteiger partial charge in [-0.25, -0.2) is 4.98 Å². The first-order valence-electron chi connectivity index (χ1n) is 7.70. The van der Waals surface area contributed by atoms with Crippen LogP contribution in [-0.4, -0.2) is 27.7 Å². The van der Waals surface area contributed by atoms with Gasteiger partial charge in [0, 0.05) is 11.7 Å². The van der Waals surface area contributed by atoms with E-state index in [4.69, 9.17) is 0 Å². The Hall–Kier alpha value is -2.27. The summed E-state index contributed by atoms with van der Waals surface area (Å²) < 4.78 is 0. The minimum Gasteiger partial charge on any atom is -0.333 e. The molecule has 3 aromatic rings. The van der Waals surface area contributed by atoms with E-state index in [0.29, 0.717) is 5.75 Å². The van der Waals surface area contributed by atoms with E-state index in [2.05, 4.69) is 23.0 Å². The van der Waals surface area contributed by atoms with Crippen LogP contribution in [0.25, 0.3) is 11.0 Å². The number of hydrogen-bond donors (Lipinski definition) is 1. The first kappa shape index (κ1) is 14.3. The van der Waals surface area contributed by atoms with Gasteiger partial charge in [-0.1, -0.05) is 42.1 Å². The number of aromatic nitrogens is 2. The Kier molecular flexibility index (Phi) is 3.58. The summed E-state index contributed by atoms with van der Waals surface area (Å²) in [7, 11) is 0. The third-order valence-electron chi connectivity index (χ3n) is 4.18. The van der Waals surface area contributed by atoms with Gasteiger partial charge in [-0.3, -0.25) is 4.79 Å². The van der Waals surface area contributed by atoms with Crippen molar-refractivity contribution in [3.05, 3.63) is 54.1 Å². The Morgan fingerprint density at radius 1 is 1.26 bits per heavy atom. The lowest BCUT2D eigenvalue weighted by Gasteiger charge is -2.22. The minimum atomic E-state index is 0.132. The number of nitrogens with one attached hydrogen (secondary N) is 1. The first-order chi connectivity index (χ1) is 11.2. The van der Waals surface area contributed by atoms with E-state index in [1.54, 1.807) is 0 Å². The molecular weight excluding hydrogens is 306 g/mol. The van der Waals surface area contributed by atoms with Crippen LogP contribution in [0.15, 0.2) is 53.7 Å². The summed E-state index contributed by atoms with van der Waals surface area (Å²) in [6.45, 7) is 2.10. The van der Waals surface area contributed by atoms with Crippen molar-refractivity contribution in [1.82, 2.24) is 9.97 Å². The second-order valence-electron chi connectivity index (χ2n) is 5.79. The number of carbonyl (C=O) groups excluding carboxylic acids is 1. The summed E-state index contributed by atoms with van der Waals surface area (Å²) in [5.74, 6) is 0.520. The molecule has 23 heavy (non-hydrogen) atoms. The van der Waals surface area contributed by atoms with Crippen molar-refractivity contribution < 1.29 is 4.79 Å². The van der Waals surface area contributed by atoms with Gasteiger partial charge >= 0.3 is 0 Å². The van der Waals surface area contributed by atoms with Gasteiger partial charge in [-0.05, 0) is 37.1 Å². The van der Waals surface area contributed by atoms with Crippen LogP contribution in [0.2, 0.25) is 0 Å². The average Bonchev–Trinajstić information content (AvgIpc) is 3.12. The summed E-state index contributed by atoms with van der Waals surface area (Å²) in [4.78, 5) is 22.4. The second kappa shape index (κ2) is 5.74. The maximum absolute atomic E-state index is 12.7. The van der Waals surface area contributed by atoms with Crippen molar-refractivity contribution in [2.45, 2.75) is 24.5 Å². The third-order valence-corrected chi connectivity index (χ3v) is 5.03. The summed E-state index contributed by atoms with van der Waals surface area (Å²) in [5.41, 5.74) is 4.24. The molecule has 0 saturated heterocycles. The zero-order chi connectivity index (χ0) is 15.8. The number of imidazole rings is 1. The molecule has 2 aromatic carbocycles. The largest absolute Gasteiger partial charge is 0.333 e. The van der Waals surface area contributed by atoms with Crippen molar-refractivity contribution in [2.24, 2.45) is 0 Å². The van der Waals surface area contributed by atoms with Crippen LogP contribution in [0, 0.1) is 0 Å². The highest BCUT2D eigenvalue weighted by atomic mass is 32.2. The van der Waals surface area contributed by atoms with Gasteiger partial charge in [0.2, 0.25) is 5.91 Å². The van der Waals surface area contributed by atoms with Crippen molar-refractivity contribution in [3.8, 4) is 0 Å². The van der Waals surface area contributed by atoms with Crippen molar-refractivity contribution >= 4 is 34.4 Å². The van der Waals surface area contributed by atoms with Gasteiger partial charge in [0.15, 0.2) is 5.16 Å². The molecule has 0 bridgehead atoms. The first-order valence-corrected chi connectivity index (χ1v) is 8.68. The molecule has 1 aliphatic rings. The molecule has 1 N–H and O–H groups in total. The lowest BCUT2D eigenvalue weighted by molar-refractivity contribution is -0.116. The Bertz CT molecular complexity index is 840. The lowest BCUT2D eigenvalue weighted by Crippen LogP contribution is -2.36. The molecule has 4 rings (SSSR count). The second-order valence-corrected chi connectivity index (χ2v) is 6.76. The molecule has 0 fully saturated rings. The summed E-state index contributed by atoms with van der Waals surface area (Å²) in [6, 6.07) is 16.3. The highest BCUT2D eigenvalue weighted by Gasteiger charge is 2.30. The highest BCUT2D eigenvalue weighted by Crippen LogP contribution is 2.32. The van der Waals surface area contributed by atoms with Gasteiger partial charge in [-0.15, -0.1) is 0 Å². The van der Waals surface area contributed by atoms with Gasteiger partial charge < -0.3 is 9.88 Å². The number of para-hydroxylation sites is 3. The molecule has 5 heteroatoms. The summed E-state index contributed by atoms with van der Waals surface area (Å²) >= 11 is 1.46. The number of benzene rings is 2. The number of hydrogen-bond acceptors (Lipinski definition) is 3. The Balaban J connectivity index is 1.50. The minimum absolute atomic E-state index is 0.132. The van der Waals surface area contributed by atoms with Gasteiger partial charge in [-0.2, -0.15) is 0 Å². The zero-order valence-electron chi connectivity index (χ0n) is 12.8. The van der Waals surface area contributed by atoms with E-state index in [1.165, 1.54) is 17.3 Å². The fraction of sp³-hybridized carbons (Fsp3) is 0.222. The molecule has 1 aromatic heterocycles. The number of aromatic amines is 1. The van der Waals surface area contributed by atoms with Gasteiger partial charge in [0.25, 0.3) is 0 Å². The van der Waals surface area contributed by atoms with Crippen LogP contribution in [0.4, 0.5) is 5.69 Å². The highest BCUT2D eigenvalue weighted by molar-refractivity contribution is 7.99. The molecule has 0 radical (unpaired) electrons. The topological polar surface area (TPSA) is 49.0 Å². The van der Waals surface area contributed by atoms with Gasteiger partial charge in [0.1, 0.15) is 0 Å². The zero-order valence-corrected chi connectivity index (χ0v) is 13.6. The third kappa shape index (κ3) is 2.61. The van der Waals surface area contributed by atoms with Crippen molar-refractivity contribution in [2.75, 3.05) is 10.7 Å².